The predicted molar refractivity (Wildman–Crippen MR) is 49.2 cm³/mol. The van der Waals surface area contributed by atoms with Crippen LogP contribution in [0.4, 0.5) is 0 Å². The van der Waals surface area contributed by atoms with E-state index in [2.05, 4.69) is 17.6 Å². The van der Waals surface area contributed by atoms with Crippen molar-refractivity contribution in [3.05, 3.63) is 24.8 Å². The second-order valence-corrected chi connectivity index (χ2v) is 1.93. The smallest absolute Gasteiger partial charge is 0.0160 e. The Hall–Kier alpha value is -0.560. The molecule has 0 aliphatic rings. The minimum absolute atomic E-state index is 0.992. The van der Waals surface area contributed by atoms with Crippen LogP contribution in [0, 0.1) is 0 Å². The lowest BCUT2D eigenvalue weighted by molar-refractivity contribution is 0.456. The molecule has 0 aromatic rings. The standard InChI is InChI=1S/C7H13N.C2H6/c1-4-5-6-7-8(2)3;1-2/h4-6H,1,7H2,2-3H3;1-2H3/b6-5+;. The van der Waals surface area contributed by atoms with Gasteiger partial charge in [-0.25, -0.2) is 0 Å². The van der Waals surface area contributed by atoms with Gasteiger partial charge in [-0.05, 0) is 14.1 Å². The van der Waals surface area contributed by atoms with Crippen LogP contribution >= 0.6 is 0 Å². The molecule has 0 aromatic carbocycles. The Balaban J connectivity index is 0. The van der Waals surface area contributed by atoms with Gasteiger partial charge < -0.3 is 4.90 Å². The number of allylic oxidation sites excluding steroid dienone is 2. The van der Waals surface area contributed by atoms with Gasteiger partial charge >= 0.3 is 0 Å². The molecule has 60 valence electrons. The zero-order valence-electron chi connectivity index (χ0n) is 7.59. The maximum absolute atomic E-state index is 3.55. The third-order valence-corrected chi connectivity index (χ3v) is 0.743. The molecule has 0 N–H and O–H groups in total. The molecular weight excluding hydrogens is 122 g/mol. The second kappa shape index (κ2) is 11.3. The summed E-state index contributed by atoms with van der Waals surface area (Å²) in [6.45, 7) is 8.54. The first-order chi connectivity index (χ1) is 4.77. The van der Waals surface area contributed by atoms with E-state index >= 15 is 0 Å². The molecule has 0 saturated heterocycles. The molecule has 0 aliphatic heterocycles. The summed E-state index contributed by atoms with van der Waals surface area (Å²) in [6, 6.07) is 0. The lowest BCUT2D eigenvalue weighted by Gasteiger charge is -2.02. The normalized spacial score (nSPS) is 9.30. The molecule has 0 atom stereocenters. The Morgan fingerprint density at radius 1 is 1.30 bits per heavy atom. The molecule has 0 fully saturated rings. The van der Waals surface area contributed by atoms with Gasteiger partial charge in [0.05, 0.1) is 0 Å². The van der Waals surface area contributed by atoms with Crippen molar-refractivity contribution in [1.82, 2.24) is 4.90 Å². The summed E-state index contributed by atoms with van der Waals surface area (Å²) in [5.41, 5.74) is 0. The Kier molecular flexibility index (Phi) is 13.7. The SMILES string of the molecule is C=C/C=C/CN(C)C.CC. The van der Waals surface area contributed by atoms with E-state index in [9.17, 15) is 0 Å². The summed E-state index contributed by atoms with van der Waals surface area (Å²) in [4.78, 5) is 2.10. The molecule has 0 unspecified atom stereocenters. The first-order valence-electron chi connectivity index (χ1n) is 3.69. The summed E-state index contributed by atoms with van der Waals surface area (Å²) < 4.78 is 0. The second-order valence-electron chi connectivity index (χ2n) is 1.93. The minimum Gasteiger partial charge on any atom is -0.306 e. The first kappa shape index (κ1) is 12.1. The van der Waals surface area contributed by atoms with E-state index in [0.717, 1.165) is 6.54 Å². The van der Waals surface area contributed by atoms with Crippen molar-refractivity contribution in [3.63, 3.8) is 0 Å². The van der Waals surface area contributed by atoms with Crippen molar-refractivity contribution >= 4 is 0 Å². The van der Waals surface area contributed by atoms with Crippen LogP contribution in [0.5, 0.6) is 0 Å². The van der Waals surface area contributed by atoms with Gasteiger partial charge in [0.15, 0.2) is 0 Å². The Labute approximate surface area is 65.0 Å². The summed E-state index contributed by atoms with van der Waals surface area (Å²) in [5.74, 6) is 0. The maximum atomic E-state index is 3.55. The molecule has 0 radical (unpaired) electrons. The molecule has 1 nitrogen and oxygen atoms in total. The molecular formula is C9H19N. The van der Waals surface area contributed by atoms with Crippen molar-refractivity contribution in [2.75, 3.05) is 20.6 Å². The van der Waals surface area contributed by atoms with Crippen molar-refractivity contribution in [1.29, 1.82) is 0 Å². The zero-order valence-corrected chi connectivity index (χ0v) is 7.59. The summed E-state index contributed by atoms with van der Waals surface area (Å²) >= 11 is 0. The lowest BCUT2D eigenvalue weighted by atomic mass is 10.5. The zero-order chi connectivity index (χ0) is 8.41. The van der Waals surface area contributed by atoms with E-state index in [-0.39, 0.29) is 0 Å². The van der Waals surface area contributed by atoms with E-state index in [1.807, 2.05) is 34.0 Å². The van der Waals surface area contributed by atoms with E-state index in [1.54, 1.807) is 6.08 Å². The first-order valence-corrected chi connectivity index (χ1v) is 3.69. The molecule has 10 heavy (non-hydrogen) atoms. The fourth-order valence-electron chi connectivity index (χ4n) is 0.368. The predicted octanol–water partition coefficient (Wildman–Crippen LogP) is 2.32. The van der Waals surface area contributed by atoms with Gasteiger partial charge in [0.25, 0.3) is 0 Å². The quantitative estimate of drug-likeness (QED) is 0.545. The van der Waals surface area contributed by atoms with Crippen LogP contribution in [0.25, 0.3) is 0 Å². The summed E-state index contributed by atoms with van der Waals surface area (Å²) in [7, 11) is 4.07. The highest BCUT2D eigenvalue weighted by atomic mass is 15.0. The average Bonchev–Trinajstić information content (AvgIpc) is 1.92. The van der Waals surface area contributed by atoms with Crippen LogP contribution in [0.3, 0.4) is 0 Å². The molecule has 0 rings (SSSR count). The topological polar surface area (TPSA) is 3.24 Å². The highest BCUT2D eigenvalue weighted by Crippen LogP contribution is 1.76. The Morgan fingerprint density at radius 2 is 1.80 bits per heavy atom. The van der Waals surface area contributed by atoms with Gasteiger partial charge in [0, 0.05) is 6.54 Å². The highest BCUT2D eigenvalue weighted by molar-refractivity contribution is 4.97. The van der Waals surface area contributed by atoms with E-state index in [1.165, 1.54) is 0 Å². The van der Waals surface area contributed by atoms with Crippen molar-refractivity contribution in [3.8, 4) is 0 Å². The summed E-state index contributed by atoms with van der Waals surface area (Å²) in [6.07, 6.45) is 5.79. The fourth-order valence-corrected chi connectivity index (χ4v) is 0.368. The number of hydrogen-bond donors (Lipinski definition) is 0. The monoisotopic (exact) mass is 141 g/mol. The Morgan fingerprint density at radius 3 is 2.10 bits per heavy atom. The van der Waals surface area contributed by atoms with Gasteiger partial charge in [-0.3, -0.25) is 0 Å². The van der Waals surface area contributed by atoms with Crippen LogP contribution < -0.4 is 0 Å². The number of nitrogens with zero attached hydrogens (tertiary/aromatic N) is 1. The van der Waals surface area contributed by atoms with Crippen LogP contribution in [0.2, 0.25) is 0 Å². The molecule has 0 heterocycles. The fraction of sp³-hybridized carbons (Fsp3) is 0.556. The van der Waals surface area contributed by atoms with E-state index < -0.39 is 0 Å². The third kappa shape index (κ3) is 15.7. The molecule has 0 bridgehead atoms. The van der Waals surface area contributed by atoms with Gasteiger partial charge in [0.1, 0.15) is 0 Å². The molecule has 1 heteroatoms. The molecule has 0 saturated carbocycles. The number of hydrogen-bond acceptors (Lipinski definition) is 1. The largest absolute Gasteiger partial charge is 0.306 e. The number of likely N-dealkylation sites (N-methyl/N-ethyl adjacent to an activating group) is 1. The van der Waals surface area contributed by atoms with Gasteiger partial charge in [-0.2, -0.15) is 0 Å². The average molecular weight is 141 g/mol. The number of rotatable bonds is 3. The van der Waals surface area contributed by atoms with Crippen molar-refractivity contribution < 1.29 is 0 Å². The molecule has 0 aromatic heterocycles. The lowest BCUT2D eigenvalue weighted by Crippen LogP contribution is -2.10. The minimum atomic E-state index is 0.992. The maximum Gasteiger partial charge on any atom is 0.0160 e. The third-order valence-electron chi connectivity index (χ3n) is 0.743. The van der Waals surface area contributed by atoms with Crippen LogP contribution in [-0.4, -0.2) is 25.5 Å². The van der Waals surface area contributed by atoms with Gasteiger partial charge in [-0.15, -0.1) is 0 Å². The molecule has 0 amide bonds. The van der Waals surface area contributed by atoms with Crippen LogP contribution in [0.1, 0.15) is 13.8 Å². The van der Waals surface area contributed by atoms with E-state index in [4.69, 9.17) is 0 Å². The highest BCUT2D eigenvalue weighted by Gasteiger charge is 1.77. The summed E-state index contributed by atoms with van der Waals surface area (Å²) in [5, 5.41) is 0. The van der Waals surface area contributed by atoms with Crippen molar-refractivity contribution in [2.24, 2.45) is 0 Å². The van der Waals surface area contributed by atoms with Crippen LogP contribution in [0.15, 0.2) is 24.8 Å². The van der Waals surface area contributed by atoms with E-state index in [0.29, 0.717) is 0 Å². The molecule has 0 aliphatic carbocycles. The van der Waals surface area contributed by atoms with Crippen LogP contribution in [-0.2, 0) is 0 Å². The van der Waals surface area contributed by atoms with Gasteiger partial charge in [-0.1, -0.05) is 38.7 Å². The van der Waals surface area contributed by atoms with Crippen molar-refractivity contribution in [2.45, 2.75) is 13.8 Å². The van der Waals surface area contributed by atoms with Gasteiger partial charge in [0.2, 0.25) is 0 Å². The molecule has 0 spiro atoms. The Bertz CT molecular complexity index is 82.7.